The molecule has 0 saturated heterocycles. The molecule has 1 aromatic rings. The fraction of sp³-hybridized carbons (Fsp3) is 0.250. The molecule has 0 aliphatic carbocycles. The first-order valence-electron chi connectivity index (χ1n) is 3.65. The van der Waals surface area contributed by atoms with E-state index < -0.39 is 22.9 Å². The number of H-pyrrole nitrogens is 1. The van der Waals surface area contributed by atoms with E-state index in [2.05, 4.69) is 0 Å². The number of aryl methyl sites for hydroxylation is 1. The van der Waals surface area contributed by atoms with Gasteiger partial charge in [-0.3, -0.25) is 9.59 Å². The van der Waals surface area contributed by atoms with Crippen molar-refractivity contribution in [2.75, 3.05) is 0 Å². The fourth-order valence-electron chi connectivity index (χ4n) is 1.14. The highest BCUT2D eigenvalue weighted by Crippen LogP contribution is 2.22. The summed E-state index contributed by atoms with van der Waals surface area (Å²) in [6, 6.07) is 1.04. The highest BCUT2D eigenvalue weighted by Gasteiger charge is 2.20. The third kappa shape index (κ3) is 1.98. The standard InChI is InChI=1S/C8H6ClF2NO2/c1-3-2-4(13)12-6(8(10)11)5(3)7(9)14/h2,8H,1H3,(H,12,13). The highest BCUT2D eigenvalue weighted by molar-refractivity contribution is 6.68. The summed E-state index contributed by atoms with van der Waals surface area (Å²) in [6.07, 6.45) is -2.93. The van der Waals surface area contributed by atoms with Crippen LogP contribution < -0.4 is 5.56 Å². The van der Waals surface area contributed by atoms with Gasteiger partial charge in [-0.1, -0.05) is 0 Å². The maximum Gasteiger partial charge on any atom is 0.279 e. The van der Waals surface area contributed by atoms with Crippen molar-refractivity contribution in [3.05, 3.63) is 33.2 Å². The molecule has 1 heterocycles. The van der Waals surface area contributed by atoms with Gasteiger partial charge in [-0.15, -0.1) is 0 Å². The predicted molar refractivity (Wildman–Crippen MR) is 46.9 cm³/mol. The van der Waals surface area contributed by atoms with Gasteiger partial charge in [0.05, 0.1) is 11.3 Å². The molecular weight excluding hydrogens is 216 g/mol. The van der Waals surface area contributed by atoms with Crippen molar-refractivity contribution in [2.24, 2.45) is 0 Å². The third-order valence-electron chi connectivity index (χ3n) is 1.68. The van der Waals surface area contributed by atoms with Gasteiger partial charge >= 0.3 is 0 Å². The molecule has 3 nitrogen and oxygen atoms in total. The van der Waals surface area contributed by atoms with E-state index in [1.54, 1.807) is 0 Å². The Balaban J connectivity index is 3.52. The van der Waals surface area contributed by atoms with Crippen LogP contribution in [0.3, 0.4) is 0 Å². The summed E-state index contributed by atoms with van der Waals surface area (Å²) in [5.74, 6) is 0. The molecule has 1 N–H and O–H groups in total. The topological polar surface area (TPSA) is 49.9 Å². The smallest absolute Gasteiger partial charge is 0.279 e. The van der Waals surface area contributed by atoms with Gasteiger partial charge in [0.25, 0.3) is 11.7 Å². The Morgan fingerprint density at radius 3 is 2.57 bits per heavy atom. The highest BCUT2D eigenvalue weighted by atomic mass is 35.5. The summed E-state index contributed by atoms with van der Waals surface area (Å²) in [4.78, 5) is 23.5. The molecule has 0 amide bonds. The molecule has 0 aromatic carbocycles. The number of alkyl halides is 2. The summed E-state index contributed by atoms with van der Waals surface area (Å²) in [5.41, 5.74) is -1.60. The molecule has 0 fully saturated rings. The zero-order chi connectivity index (χ0) is 10.9. The Morgan fingerprint density at radius 1 is 1.57 bits per heavy atom. The minimum Gasteiger partial charge on any atom is -0.320 e. The number of hydrogen-bond acceptors (Lipinski definition) is 2. The van der Waals surface area contributed by atoms with E-state index in [0.717, 1.165) is 6.07 Å². The molecule has 0 aliphatic rings. The fourth-order valence-corrected chi connectivity index (χ4v) is 1.39. The van der Waals surface area contributed by atoms with E-state index in [1.807, 2.05) is 4.98 Å². The largest absolute Gasteiger partial charge is 0.320 e. The maximum atomic E-state index is 12.4. The Bertz CT molecular complexity index is 428. The van der Waals surface area contributed by atoms with E-state index in [4.69, 9.17) is 11.6 Å². The Hall–Kier alpha value is -1.23. The number of carbonyl (C=O) groups is 1. The zero-order valence-electron chi connectivity index (χ0n) is 7.11. The van der Waals surface area contributed by atoms with Crippen LogP contribution in [0.1, 0.15) is 28.0 Å². The Morgan fingerprint density at radius 2 is 2.14 bits per heavy atom. The van der Waals surface area contributed by atoms with Crippen LogP contribution in [0.4, 0.5) is 8.78 Å². The molecule has 76 valence electrons. The maximum absolute atomic E-state index is 12.4. The van der Waals surface area contributed by atoms with Crippen LogP contribution in [0.25, 0.3) is 0 Å². The second kappa shape index (κ2) is 3.88. The van der Waals surface area contributed by atoms with Gasteiger partial charge in [0.2, 0.25) is 5.56 Å². The first-order chi connectivity index (χ1) is 6.43. The lowest BCUT2D eigenvalue weighted by Gasteiger charge is -2.06. The van der Waals surface area contributed by atoms with Gasteiger partial charge in [0.1, 0.15) is 0 Å². The van der Waals surface area contributed by atoms with Crippen LogP contribution >= 0.6 is 11.6 Å². The van der Waals surface area contributed by atoms with Crippen molar-refractivity contribution < 1.29 is 13.6 Å². The molecule has 0 saturated carbocycles. The number of nitrogens with one attached hydrogen (secondary N) is 1. The lowest BCUT2D eigenvalue weighted by molar-refractivity contribution is 0.106. The van der Waals surface area contributed by atoms with Crippen molar-refractivity contribution >= 4 is 16.8 Å². The van der Waals surface area contributed by atoms with E-state index in [1.165, 1.54) is 6.92 Å². The minimum atomic E-state index is -2.93. The van der Waals surface area contributed by atoms with Gasteiger partial charge in [0, 0.05) is 6.07 Å². The number of aromatic nitrogens is 1. The number of rotatable bonds is 2. The van der Waals surface area contributed by atoms with Crippen molar-refractivity contribution in [1.82, 2.24) is 4.98 Å². The quantitative estimate of drug-likeness (QED) is 0.777. The van der Waals surface area contributed by atoms with Gasteiger partial charge in [-0.05, 0) is 24.1 Å². The van der Waals surface area contributed by atoms with Gasteiger partial charge in [-0.2, -0.15) is 0 Å². The summed E-state index contributed by atoms with van der Waals surface area (Å²) in [5, 5.41) is -1.01. The second-order valence-electron chi connectivity index (χ2n) is 2.68. The molecule has 1 aromatic heterocycles. The molecule has 0 spiro atoms. The van der Waals surface area contributed by atoms with Crippen LogP contribution in [0.15, 0.2) is 10.9 Å². The average Bonchev–Trinajstić information content (AvgIpc) is 2.01. The van der Waals surface area contributed by atoms with Crippen molar-refractivity contribution in [3.8, 4) is 0 Å². The average molecular weight is 222 g/mol. The number of halogens is 3. The third-order valence-corrected chi connectivity index (χ3v) is 1.87. The lowest BCUT2D eigenvalue weighted by Crippen LogP contribution is -2.14. The zero-order valence-corrected chi connectivity index (χ0v) is 7.86. The molecule has 0 aliphatic heterocycles. The van der Waals surface area contributed by atoms with Crippen molar-refractivity contribution in [2.45, 2.75) is 13.3 Å². The Labute approximate surface area is 82.7 Å². The number of hydrogen-bond donors (Lipinski definition) is 1. The molecule has 6 heteroatoms. The van der Waals surface area contributed by atoms with E-state index in [9.17, 15) is 18.4 Å². The second-order valence-corrected chi connectivity index (χ2v) is 3.02. The van der Waals surface area contributed by atoms with E-state index >= 15 is 0 Å². The van der Waals surface area contributed by atoms with Crippen LogP contribution in [0, 0.1) is 6.92 Å². The summed E-state index contributed by atoms with van der Waals surface area (Å²) in [7, 11) is 0. The number of aromatic amines is 1. The number of pyridine rings is 1. The minimum absolute atomic E-state index is 0.143. The predicted octanol–water partition coefficient (Wildman–Crippen LogP) is 2.00. The molecule has 0 radical (unpaired) electrons. The molecule has 1 rings (SSSR count). The first-order valence-corrected chi connectivity index (χ1v) is 4.03. The van der Waals surface area contributed by atoms with Crippen LogP contribution in [-0.2, 0) is 0 Å². The molecular formula is C8H6ClF2NO2. The van der Waals surface area contributed by atoms with Gasteiger partial charge in [0.15, 0.2) is 0 Å². The van der Waals surface area contributed by atoms with Crippen molar-refractivity contribution in [3.63, 3.8) is 0 Å². The SMILES string of the molecule is Cc1cc(=O)[nH]c(C(F)F)c1C(=O)Cl. The monoisotopic (exact) mass is 221 g/mol. The van der Waals surface area contributed by atoms with Gasteiger partial charge in [-0.25, -0.2) is 8.78 Å². The summed E-state index contributed by atoms with van der Waals surface area (Å²) < 4.78 is 24.7. The molecule has 14 heavy (non-hydrogen) atoms. The summed E-state index contributed by atoms with van der Waals surface area (Å²) >= 11 is 5.12. The Kier molecular flexibility index (Phi) is 3.00. The molecule has 0 unspecified atom stereocenters. The number of carbonyl (C=O) groups excluding carboxylic acids is 1. The molecule has 0 bridgehead atoms. The normalized spacial score (nSPS) is 10.6. The summed E-state index contributed by atoms with van der Waals surface area (Å²) in [6.45, 7) is 1.37. The van der Waals surface area contributed by atoms with E-state index in [-0.39, 0.29) is 11.1 Å². The van der Waals surface area contributed by atoms with Crippen LogP contribution in [-0.4, -0.2) is 10.2 Å². The van der Waals surface area contributed by atoms with Crippen LogP contribution in [0.2, 0.25) is 0 Å². The van der Waals surface area contributed by atoms with Gasteiger partial charge < -0.3 is 4.98 Å². The van der Waals surface area contributed by atoms with E-state index in [0.29, 0.717) is 0 Å². The van der Waals surface area contributed by atoms with Crippen LogP contribution in [0.5, 0.6) is 0 Å². The molecule has 0 atom stereocenters. The first kappa shape index (κ1) is 10.8. The van der Waals surface area contributed by atoms with Crippen molar-refractivity contribution in [1.29, 1.82) is 0 Å². The lowest BCUT2D eigenvalue weighted by atomic mass is 10.1.